The van der Waals surface area contributed by atoms with Crippen molar-refractivity contribution in [1.29, 1.82) is 0 Å². The highest BCUT2D eigenvalue weighted by molar-refractivity contribution is 7.87. The van der Waals surface area contributed by atoms with Gasteiger partial charge in [0.05, 0.1) is 7.11 Å². The highest BCUT2D eigenvalue weighted by Gasteiger charge is 2.15. The van der Waals surface area contributed by atoms with Crippen LogP contribution in [0.4, 0.5) is 0 Å². The van der Waals surface area contributed by atoms with Gasteiger partial charge in [0.2, 0.25) is 0 Å². The fraction of sp³-hybridized carbons (Fsp3) is 0.538. The first-order chi connectivity index (χ1) is 9.49. The molecule has 1 aromatic rings. The van der Waals surface area contributed by atoms with Crippen LogP contribution in [0.15, 0.2) is 24.3 Å². The summed E-state index contributed by atoms with van der Waals surface area (Å²) >= 11 is 0. The summed E-state index contributed by atoms with van der Waals surface area (Å²) in [6.07, 6.45) is 1.03. The van der Waals surface area contributed by atoms with Gasteiger partial charge in [0.25, 0.3) is 10.2 Å². The number of aliphatic hydroxyl groups excluding tert-OH is 1. The van der Waals surface area contributed by atoms with E-state index in [2.05, 4.69) is 4.72 Å². The van der Waals surface area contributed by atoms with Gasteiger partial charge in [-0.1, -0.05) is 12.1 Å². The summed E-state index contributed by atoms with van der Waals surface area (Å²) in [5, 5.41) is 8.70. The number of nitrogens with zero attached hydrogens (tertiary/aromatic N) is 1. The Balaban J connectivity index is 2.42. The first kappa shape index (κ1) is 16.9. The monoisotopic (exact) mass is 302 g/mol. The average Bonchev–Trinajstić information content (AvgIpc) is 2.45. The van der Waals surface area contributed by atoms with Crippen molar-refractivity contribution in [3.8, 4) is 5.75 Å². The van der Waals surface area contributed by atoms with Gasteiger partial charge in [-0.05, 0) is 30.5 Å². The van der Waals surface area contributed by atoms with Crippen molar-refractivity contribution in [2.75, 3.05) is 33.9 Å². The first-order valence-corrected chi connectivity index (χ1v) is 7.88. The van der Waals surface area contributed by atoms with Crippen molar-refractivity contribution < 1.29 is 18.3 Å². The number of aliphatic hydroxyl groups is 1. The van der Waals surface area contributed by atoms with Gasteiger partial charge in [0.15, 0.2) is 0 Å². The van der Waals surface area contributed by atoms with Gasteiger partial charge in [-0.25, -0.2) is 4.72 Å². The molecule has 0 spiro atoms. The number of ether oxygens (including phenoxy) is 1. The van der Waals surface area contributed by atoms with Crippen molar-refractivity contribution in [3.05, 3.63) is 29.8 Å². The van der Waals surface area contributed by atoms with Crippen LogP contribution in [0.5, 0.6) is 5.75 Å². The lowest BCUT2D eigenvalue weighted by Gasteiger charge is -2.17. The Hall–Kier alpha value is -1.15. The topological polar surface area (TPSA) is 78.9 Å². The molecule has 0 unspecified atom stereocenters. The van der Waals surface area contributed by atoms with Crippen LogP contribution in [0.1, 0.15) is 12.0 Å². The molecule has 0 aliphatic heterocycles. The summed E-state index contributed by atoms with van der Waals surface area (Å²) in [4.78, 5) is 0. The summed E-state index contributed by atoms with van der Waals surface area (Å²) < 4.78 is 32.5. The van der Waals surface area contributed by atoms with Gasteiger partial charge in [-0.15, -0.1) is 0 Å². The minimum Gasteiger partial charge on any atom is -0.497 e. The summed E-state index contributed by atoms with van der Waals surface area (Å²) in [5.74, 6) is 0.776. The molecule has 0 heterocycles. The van der Waals surface area contributed by atoms with Gasteiger partial charge >= 0.3 is 0 Å². The van der Waals surface area contributed by atoms with Gasteiger partial charge in [0.1, 0.15) is 5.75 Å². The molecule has 0 aliphatic carbocycles. The van der Waals surface area contributed by atoms with Crippen LogP contribution < -0.4 is 9.46 Å². The number of hydrogen-bond acceptors (Lipinski definition) is 4. The maximum Gasteiger partial charge on any atom is 0.279 e. The van der Waals surface area contributed by atoms with Gasteiger partial charge in [-0.3, -0.25) is 0 Å². The molecule has 0 saturated carbocycles. The first-order valence-electron chi connectivity index (χ1n) is 6.44. The third kappa shape index (κ3) is 5.46. The van der Waals surface area contributed by atoms with Crippen LogP contribution >= 0.6 is 0 Å². The molecule has 1 rings (SSSR count). The molecule has 0 radical (unpaired) electrons. The van der Waals surface area contributed by atoms with E-state index in [1.54, 1.807) is 7.11 Å². The van der Waals surface area contributed by atoms with E-state index in [0.717, 1.165) is 11.3 Å². The van der Waals surface area contributed by atoms with Gasteiger partial charge < -0.3 is 9.84 Å². The van der Waals surface area contributed by atoms with Crippen molar-refractivity contribution in [2.24, 2.45) is 0 Å². The predicted molar refractivity (Wildman–Crippen MR) is 78.0 cm³/mol. The number of benzene rings is 1. The van der Waals surface area contributed by atoms with E-state index >= 15 is 0 Å². The Bertz CT molecular complexity index is 488. The molecular formula is C13H22N2O4S. The number of nitrogens with one attached hydrogen (secondary N) is 1. The van der Waals surface area contributed by atoms with E-state index in [9.17, 15) is 8.42 Å². The largest absolute Gasteiger partial charge is 0.497 e. The molecule has 0 saturated heterocycles. The molecule has 0 fully saturated rings. The maximum absolute atomic E-state index is 11.8. The zero-order valence-corrected chi connectivity index (χ0v) is 12.7. The zero-order valence-electron chi connectivity index (χ0n) is 11.9. The minimum atomic E-state index is -3.47. The van der Waals surface area contributed by atoms with E-state index < -0.39 is 10.2 Å². The third-order valence-corrected chi connectivity index (χ3v) is 4.47. The van der Waals surface area contributed by atoms with E-state index in [0.29, 0.717) is 25.9 Å². The fourth-order valence-corrected chi connectivity index (χ4v) is 2.59. The van der Waals surface area contributed by atoms with Crippen molar-refractivity contribution >= 4 is 10.2 Å². The number of rotatable bonds is 9. The quantitative estimate of drug-likeness (QED) is 0.691. The molecule has 0 bridgehead atoms. The molecule has 0 aliphatic rings. The van der Waals surface area contributed by atoms with E-state index in [-0.39, 0.29) is 6.61 Å². The van der Waals surface area contributed by atoms with Crippen molar-refractivity contribution in [3.63, 3.8) is 0 Å². The average molecular weight is 302 g/mol. The van der Waals surface area contributed by atoms with E-state index in [4.69, 9.17) is 9.84 Å². The summed E-state index contributed by atoms with van der Waals surface area (Å²) in [7, 11) is -0.374. The standard InChI is InChI=1S/C13H22N2O4S/c1-15(10-3-11-16)20(17,18)14-9-8-12-4-6-13(19-2)7-5-12/h4-7,14,16H,3,8-11H2,1-2H3. The van der Waals surface area contributed by atoms with Crippen LogP contribution in [0.3, 0.4) is 0 Å². The SMILES string of the molecule is COc1ccc(CCNS(=O)(=O)N(C)CCCO)cc1. The fourth-order valence-electron chi connectivity index (χ4n) is 1.64. The minimum absolute atomic E-state index is 0.0221. The van der Waals surface area contributed by atoms with Gasteiger partial charge in [0, 0.05) is 26.7 Å². The molecule has 6 nitrogen and oxygen atoms in total. The van der Waals surface area contributed by atoms with Crippen LogP contribution in [-0.4, -0.2) is 51.7 Å². The highest BCUT2D eigenvalue weighted by Crippen LogP contribution is 2.11. The second kappa shape index (κ2) is 8.21. The van der Waals surface area contributed by atoms with E-state index in [1.807, 2.05) is 24.3 Å². The molecular weight excluding hydrogens is 280 g/mol. The number of hydrogen-bond donors (Lipinski definition) is 2. The summed E-state index contributed by atoms with van der Waals surface area (Å²) in [6.45, 7) is 0.609. The second-order valence-corrected chi connectivity index (χ2v) is 6.26. The molecule has 1 aromatic carbocycles. The lowest BCUT2D eigenvalue weighted by Crippen LogP contribution is -2.39. The zero-order chi connectivity index (χ0) is 15.0. The van der Waals surface area contributed by atoms with Crippen LogP contribution in [-0.2, 0) is 16.6 Å². The molecule has 0 aromatic heterocycles. The molecule has 0 amide bonds. The predicted octanol–water partition coefficient (Wildman–Crippen LogP) is 0.386. The Kier molecular flexibility index (Phi) is 6.94. The molecule has 7 heteroatoms. The Labute approximate surface area is 120 Å². The summed E-state index contributed by atoms with van der Waals surface area (Å²) in [6, 6.07) is 7.50. The normalized spacial score (nSPS) is 11.8. The number of methoxy groups -OCH3 is 1. The molecule has 114 valence electrons. The summed E-state index contributed by atoms with van der Waals surface area (Å²) in [5.41, 5.74) is 1.03. The lowest BCUT2D eigenvalue weighted by atomic mass is 10.1. The smallest absolute Gasteiger partial charge is 0.279 e. The Morgan fingerprint density at radius 3 is 2.50 bits per heavy atom. The van der Waals surface area contributed by atoms with Crippen LogP contribution in [0.2, 0.25) is 0 Å². The second-order valence-electron chi connectivity index (χ2n) is 4.40. The van der Waals surface area contributed by atoms with Crippen LogP contribution in [0.25, 0.3) is 0 Å². The Morgan fingerprint density at radius 2 is 1.95 bits per heavy atom. The molecule has 20 heavy (non-hydrogen) atoms. The van der Waals surface area contributed by atoms with Gasteiger partial charge in [-0.2, -0.15) is 12.7 Å². The molecule has 2 N–H and O–H groups in total. The Morgan fingerprint density at radius 1 is 1.30 bits per heavy atom. The highest BCUT2D eigenvalue weighted by atomic mass is 32.2. The third-order valence-electron chi connectivity index (χ3n) is 2.90. The maximum atomic E-state index is 11.8. The molecule has 0 atom stereocenters. The van der Waals surface area contributed by atoms with Crippen LogP contribution in [0, 0.1) is 0 Å². The van der Waals surface area contributed by atoms with Crippen molar-refractivity contribution in [2.45, 2.75) is 12.8 Å². The lowest BCUT2D eigenvalue weighted by molar-refractivity contribution is 0.275. The van der Waals surface area contributed by atoms with Crippen molar-refractivity contribution in [1.82, 2.24) is 9.03 Å². The van der Waals surface area contributed by atoms with E-state index in [1.165, 1.54) is 11.4 Å².